The number of nitrogen functional groups attached to an aromatic ring is 1. The zero-order chi connectivity index (χ0) is 10.3. The van der Waals surface area contributed by atoms with Gasteiger partial charge in [-0.15, -0.1) is 0 Å². The molecule has 0 bridgehead atoms. The van der Waals surface area contributed by atoms with Crippen molar-refractivity contribution in [3.63, 3.8) is 0 Å². The van der Waals surface area contributed by atoms with Crippen molar-refractivity contribution in [2.24, 2.45) is 0 Å². The molecule has 0 aliphatic carbocycles. The van der Waals surface area contributed by atoms with E-state index in [9.17, 15) is 8.42 Å². The summed E-state index contributed by atoms with van der Waals surface area (Å²) in [5.41, 5.74) is 6.71. The van der Waals surface area contributed by atoms with Crippen LogP contribution in [0.25, 0.3) is 11.0 Å². The Morgan fingerprint density at radius 3 is 2.71 bits per heavy atom. The number of H-pyrrole nitrogens is 1. The second-order valence-corrected chi connectivity index (χ2v) is 4.10. The number of fused-ring (bicyclic) bond motifs is 1. The number of rotatable bonds is 1. The van der Waals surface area contributed by atoms with E-state index in [2.05, 4.69) is 9.97 Å². The highest BCUT2D eigenvalue weighted by molar-refractivity contribution is 7.85. The molecular formula is C7H7N3O3S. The van der Waals surface area contributed by atoms with Crippen molar-refractivity contribution >= 4 is 26.8 Å². The van der Waals surface area contributed by atoms with E-state index >= 15 is 0 Å². The topological polar surface area (TPSA) is 109 Å². The second kappa shape index (κ2) is 2.69. The predicted octanol–water partition coefficient (Wildman–Crippen LogP) is 0.392. The highest BCUT2D eigenvalue weighted by Crippen LogP contribution is 2.19. The Labute approximate surface area is 79.5 Å². The van der Waals surface area contributed by atoms with Gasteiger partial charge in [0.2, 0.25) is 0 Å². The number of nitrogens with two attached hydrogens (primary N) is 1. The third-order valence-electron chi connectivity index (χ3n) is 1.77. The van der Waals surface area contributed by atoms with Gasteiger partial charge in [0.1, 0.15) is 5.52 Å². The van der Waals surface area contributed by atoms with E-state index in [4.69, 9.17) is 10.3 Å². The minimum atomic E-state index is -4.30. The van der Waals surface area contributed by atoms with Crippen LogP contribution in [0.1, 0.15) is 0 Å². The number of benzene rings is 1. The molecule has 6 nitrogen and oxygen atoms in total. The molecule has 2 aromatic rings. The van der Waals surface area contributed by atoms with Crippen molar-refractivity contribution in [2.45, 2.75) is 5.16 Å². The molecule has 0 atom stereocenters. The average molecular weight is 213 g/mol. The first-order valence-corrected chi connectivity index (χ1v) is 5.14. The largest absolute Gasteiger partial charge is 0.397 e. The molecule has 74 valence electrons. The fourth-order valence-corrected chi connectivity index (χ4v) is 1.60. The number of aromatic amines is 1. The fourth-order valence-electron chi connectivity index (χ4n) is 1.15. The number of nitrogens with zero attached hydrogens (tertiary/aromatic N) is 1. The number of imidazole rings is 1. The van der Waals surface area contributed by atoms with Gasteiger partial charge in [0.05, 0.1) is 11.2 Å². The Balaban J connectivity index is 2.81. The first-order valence-electron chi connectivity index (χ1n) is 3.70. The monoisotopic (exact) mass is 213 g/mol. The Bertz CT molecular complexity index is 587. The number of hydrogen-bond acceptors (Lipinski definition) is 4. The zero-order valence-electron chi connectivity index (χ0n) is 6.93. The SMILES string of the molecule is Nc1cccc2[nH]c(S(=O)(=O)O)nc12. The van der Waals surface area contributed by atoms with E-state index in [-0.39, 0.29) is 0 Å². The molecule has 0 saturated carbocycles. The van der Waals surface area contributed by atoms with Gasteiger partial charge >= 0.3 is 10.1 Å². The van der Waals surface area contributed by atoms with Crippen LogP contribution in [-0.4, -0.2) is 22.9 Å². The van der Waals surface area contributed by atoms with E-state index in [1.807, 2.05) is 0 Å². The number of hydrogen-bond donors (Lipinski definition) is 3. The molecule has 1 aromatic carbocycles. The molecule has 0 amide bonds. The van der Waals surface area contributed by atoms with Crippen LogP contribution in [-0.2, 0) is 10.1 Å². The molecule has 2 rings (SSSR count). The molecule has 0 aliphatic heterocycles. The Morgan fingerprint density at radius 2 is 2.14 bits per heavy atom. The zero-order valence-corrected chi connectivity index (χ0v) is 7.75. The molecule has 1 aromatic heterocycles. The van der Waals surface area contributed by atoms with E-state index in [0.29, 0.717) is 16.7 Å². The van der Waals surface area contributed by atoms with Gasteiger partial charge in [0.15, 0.2) is 0 Å². The lowest BCUT2D eigenvalue weighted by atomic mass is 10.3. The Kier molecular flexibility index (Phi) is 1.73. The molecular weight excluding hydrogens is 206 g/mol. The van der Waals surface area contributed by atoms with Gasteiger partial charge in [-0.05, 0) is 12.1 Å². The summed E-state index contributed by atoms with van der Waals surface area (Å²) >= 11 is 0. The van der Waals surface area contributed by atoms with Crippen LogP contribution in [0.5, 0.6) is 0 Å². The van der Waals surface area contributed by atoms with E-state index < -0.39 is 15.3 Å². The van der Waals surface area contributed by atoms with Crippen LogP contribution in [0.3, 0.4) is 0 Å². The van der Waals surface area contributed by atoms with Crippen LogP contribution in [0.15, 0.2) is 23.4 Å². The average Bonchev–Trinajstić information content (AvgIpc) is 2.48. The van der Waals surface area contributed by atoms with Gasteiger partial charge < -0.3 is 10.7 Å². The summed E-state index contributed by atoms with van der Waals surface area (Å²) in [6, 6.07) is 4.87. The lowest BCUT2D eigenvalue weighted by Crippen LogP contribution is -1.99. The third kappa shape index (κ3) is 1.32. The maximum absolute atomic E-state index is 10.7. The highest BCUT2D eigenvalue weighted by Gasteiger charge is 2.15. The summed E-state index contributed by atoms with van der Waals surface area (Å²) in [4.78, 5) is 6.11. The smallest absolute Gasteiger partial charge is 0.328 e. The number of nitrogens with one attached hydrogen (secondary N) is 1. The normalized spacial score (nSPS) is 12.1. The van der Waals surface area contributed by atoms with Gasteiger partial charge in [-0.25, -0.2) is 4.98 Å². The maximum Gasteiger partial charge on any atom is 0.328 e. The fraction of sp³-hybridized carbons (Fsp3) is 0. The van der Waals surface area contributed by atoms with Gasteiger partial charge in [0, 0.05) is 0 Å². The van der Waals surface area contributed by atoms with E-state index in [0.717, 1.165) is 0 Å². The van der Waals surface area contributed by atoms with Crippen LogP contribution in [0.2, 0.25) is 0 Å². The van der Waals surface area contributed by atoms with Crippen molar-refractivity contribution < 1.29 is 13.0 Å². The molecule has 0 fully saturated rings. The number of anilines is 1. The van der Waals surface area contributed by atoms with E-state index in [1.54, 1.807) is 18.2 Å². The Hall–Kier alpha value is -1.60. The minimum Gasteiger partial charge on any atom is -0.397 e. The van der Waals surface area contributed by atoms with Crippen molar-refractivity contribution in [2.75, 3.05) is 5.73 Å². The van der Waals surface area contributed by atoms with Gasteiger partial charge in [-0.2, -0.15) is 8.42 Å². The van der Waals surface area contributed by atoms with Gasteiger partial charge in [-0.3, -0.25) is 4.55 Å². The van der Waals surface area contributed by atoms with Crippen molar-refractivity contribution in [1.29, 1.82) is 0 Å². The molecule has 0 saturated heterocycles. The van der Waals surface area contributed by atoms with Crippen LogP contribution < -0.4 is 5.73 Å². The molecule has 14 heavy (non-hydrogen) atoms. The van der Waals surface area contributed by atoms with Crippen LogP contribution in [0.4, 0.5) is 5.69 Å². The summed E-state index contributed by atoms with van der Waals surface area (Å²) in [6.45, 7) is 0. The predicted molar refractivity (Wildman–Crippen MR) is 50.3 cm³/mol. The third-order valence-corrected chi connectivity index (χ3v) is 2.45. The number of aromatic nitrogens is 2. The molecule has 0 unspecified atom stereocenters. The summed E-state index contributed by atoms with van der Waals surface area (Å²) < 4.78 is 30.2. The van der Waals surface area contributed by atoms with Crippen molar-refractivity contribution in [3.05, 3.63) is 18.2 Å². The summed E-state index contributed by atoms with van der Waals surface area (Å²) in [7, 11) is -4.30. The van der Waals surface area contributed by atoms with Crippen molar-refractivity contribution in [1.82, 2.24) is 9.97 Å². The first kappa shape index (κ1) is 8.97. The van der Waals surface area contributed by atoms with Crippen molar-refractivity contribution in [3.8, 4) is 0 Å². The molecule has 7 heteroatoms. The molecule has 0 aliphatic rings. The highest BCUT2D eigenvalue weighted by atomic mass is 32.2. The second-order valence-electron chi connectivity index (χ2n) is 2.76. The number of para-hydroxylation sites is 1. The molecule has 1 heterocycles. The summed E-state index contributed by atoms with van der Waals surface area (Å²) in [5, 5.41) is -0.495. The van der Waals surface area contributed by atoms with Crippen LogP contribution in [0, 0.1) is 0 Å². The summed E-state index contributed by atoms with van der Waals surface area (Å²) in [5.74, 6) is 0. The van der Waals surface area contributed by atoms with E-state index in [1.165, 1.54) is 0 Å². The molecule has 0 radical (unpaired) electrons. The molecule has 0 spiro atoms. The maximum atomic E-state index is 10.7. The first-order chi connectivity index (χ1) is 6.48. The lowest BCUT2D eigenvalue weighted by Gasteiger charge is -1.90. The minimum absolute atomic E-state index is 0.333. The molecule has 4 N–H and O–H groups in total. The van der Waals surface area contributed by atoms with Crippen LogP contribution >= 0.6 is 0 Å². The van der Waals surface area contributed by atoms with Gasteiger partial charge in [-0.1, -0.05) is 6.07 Å². The lowest BCUT2D eigenvalue weighted by molar-refractivity contribution is 0.476. The standard InChI is InChI=1S/C7H7N3O3S/c8-4-2-1-3-5-6(4)10-7(9-5)14(11,12)13/h1-3H,8H2,(H,9,10)(H,11,12,13). The van der Waals surface area contributed by atoms with Gasteiger partial charge in [0.25, 0.3) is 5.16 Å². The summed E-state index contributed by atoms with van der Waals surface area (Å²) in [6.07, 6.45) is 0. The quantitative estimate of drug-likeness (QED) is 0.469. The Morgan fingerprint density at radius 1 is 1.43 bits per heavy atom.